The summed E-state index contributed by atoms with van der Waals surface area (Å²) in [6, 6.07) is 7.42. The number of imidazole rings is 1. The third kappa shape index (κ3) is 4.91. The molecule has 24 heavy (non-hydrogen) atoms. The number of aromatic nitrogens is 2. The van der Waals surface area contributed by atoms with Gasteiger partial charge >= 0.3 is 11.1 Å². The minimum Gasteiger partial charge on any atom is -0.387 e. The number of halogens is 2. The van der Waals surface area contributed by atoms with Gasteiger partial charge in [0.25, 0.3) is 0 Å². The van der Waals surface area contributed by atoms with Gasteiger partial charge < -0.3 is 20.5 Å². The summed E-state index contributed by atoms with van der Waals surface area (Å²) in [5.74, 6) is -0.351. The fraction of sp³-hybridized carbons (Fsp3) is 0.400. The molecule has 0 aliphatic rings. The maximum Gasteiger partial charge on any atom is 0.383 e. The van der Waals surface area contributed by atoms with Gasteiger partial charge in [0.05, 0.1) is 12.1 Å². The van der Waals surface area contributed by atoms with Crippen LogP contribution in [0.15, 0.2) is 30.5 Å². The molecule has 0 amide bonds. The van der Waals surface area contributed by atoms with Gasteiger partial charge in [-0.1, -0.05) is 23.7 Å². The molecule has 0 bridgehead atoms. The Kier molecular flexibility index (Phi) is 5.82. The highest BCUT2D eigenvalue weighted by molar-refractivity contribution is 6.30. The number of aliphatic hydroxyl groups is 1. The third-order valence-corrected chi connectivity index (χ3v) is 4.09. The molecule has 0 spiro atoms. The van der Waals surface area contributed by atoms with Crippen molar-refractivity contribution in [2.75, 3.05) is 6.54 Å². The molecule has 1 heterocycles. The molecule has 0 aliphatic heterocycles. The molecule has 130 valence electrons. The molecule has 9 heteroatoms. The van der Waals surface area contributed by atoms with Crippen LogP contribution in [-0.4, -0.2) is 31.7 Å². The van der Waals surface area contributed by atoms with E-state index in [9.17, 15) is 15.2 Å². The maximum absolute atomic E-state index is 10.7. The Morgan fingerprint density at radius 2 is 2.21 bits per heavy atom. The van der Waals surface area contributed by atoms with Gasteiger partial charge in [-0.15, -0.1) is 0 Å². The van der Waals surface area contributed by atoms with Crippen LogP contribution in [0.4, 0.5) is 5.82 Å². The molecule has 1 aromatic carbocycles. The highest BCUT2D eigenvalue weighted by Gasteiger charge is 2.26. The van der Waals surface area contributed by atoms with Gasteiger partial charge in [-0.3, -0.25) is 4.57 Å². The Morgan fingerprint density at radius 1 is 1.50 bits per heavy atom. The number of hydrogen-bond acceptors (Lipinski definition) is 5. The first-order chi connectivity index (χ1) is 11.2. The minimum atomic E-state index is -1.18. The number of rotatable bonds is 7. The fourth-order valence-corrected chi connectivity index (χ4v) is 2.66. The molecular formula is C15H18Cl2N4O3. The summed E-state index contributed by atoms with van der Waals surface area (Å²) in [6.07, 6.45) is 1.21. The lowest BCUT2D eigenvalue weighted by Crippen LogP contribution is -2.42. The van der Waals surface area contributed by atoms with E-state index < -0.39 is 10.5 Å². The van der Waals surface area contributed by atoms with Crippen molar-refractivity contribution in [3.05, 3.63) is 56.4 Å². The summed E-state index contributed by atoms with van der Waals surface area (Å²) in [5, 5.41) is 25.1. The summed E-state index contributed by atoms with van der Waals surface area (Å²) in [5.41, 5.74) is -0.181. The van der Waals surface area contributed by atoms with Crippen molar-refractivity contribution < 1.29 is 10.0 Å². The van der Waals surface area contributed by atoms with Crippen LogP contribution in [-0.2, 0) is 6.54 Å². The van der Waals surface area contributed by atoms with Crippen LogP contribution in [0, 0.1) is 10.1 Å². The van der Waals surface area contributed by atoms with Gasteiger partial charge in [-0.05, 0) is 53.1 Å². The van der Waals surface area contributed by atoms with Crippen LogP contribution >= 0.6 is 23.2 Å². The average Bonchev–Trinajstić information content (AvgIpc) is 2.85. The number of nitrogens with one attached hydrogen (secondary N) is 1. The van der Waals surface area contributed by atoms with Crippen molar-refractivity contribution >= 4 is 29.0 Å². The van der Waals surface area contributed by atoms with E-state index in [-0.39, 0.29) is 30.2 Å². The third-order valence-electron chi connectivity index (χ3n) is 3.55. The highest BCUT2D eigenvalue weighted by atomic mass is 35.5. The van der Waals surface area contributed by atoms with Crippen LogP contribution in [0.2, 0.25) is 10.3 Å². The quantitative estimate of drug-likeness (QED) is 0.574. The van der Waals surface area contributed by atoms with Gasteiger partial charge in [-0.2, -0.15) is 0 Å². The first kappa shape index (κ1) is 18.7. The fourth-order valence-electron chi connectivity index (χ4n) is 2.27. The smallest absolute Gasteiger partial charge is 0.383 e. The Labute approximate surface area is 149 Å². The Hall–Kier alpha value is -1.67. The Balaban J connectivity index is 1.99. The molecule has 1 unspecified atom stereocenters. The molecule has 2 N–H and O–H groups in total. The van der Waals surface area contributed by atoms with Crippen LogP contribution in [0.3, 0.4) is 0 Å². The standard InChI is InChI=1S/C15H18Cl2N4O3/c1-10(11-4-3-5-12(16)6-11)18-8-15(2,22)9-20-7-13(21(23)24)19-14(20)17/h3-7,10,18,22H,8-9H2,1-2H3/t10?,15-/m0/s1. The van der Waals surface area contributed by atoms with E-state index in [1.54, 1.807) is 13.0 Å². The zero-order valence-electron chi connectivity index (χ0n) is 13.2. The molecule has 7 nitrogen and oxygen atoms in total. The van der Waals surface area contributed by atoms with Crippen molar-refractivity contribution in [3.8, 4) is 0 Å². The Morgan fingerprint density at radius 3 is 2.79 bits per heavy atom. The topological polar surface area (TPSA) is 93.2 Å². The van der Waals surface area contributed by atoms with Crippen LogP contribution < -0.4 is 5.32 Å². The van der Waals surface area contributed by atoms with E-state index in [2.05, 4.69) is 10.3 Å². The van der Waals surface area contributed by atoms with E-state index in [1.807, 2.05) is 25.1 Å². The second kappa shape index (κ2) is 7.48. The highest BCUT2D eigenvalue weighted by Crippen LogP contribution is 2.20. The van der Waals surface area contributed by atoms with Gasteiger partial charge in [0.2, 0.25) is 0 Å². The van der Waals surface area contributed by atoms with Gasteiger partial charge in [0, 0.05) is 17.6 Å². The second-order valence-electron chi connectivity index (χ2n) is 5.91. The summed E-state index contributed by atoms with van der Waals surface area (Å²) >= 11 is 11.8. The van der Waals surface area contributed by atoms with Crippen molar-refractivity contribution in [2.24, 2.45) is 0 Å². The van der Waals surface area contributed by atoms with E-state index in [0.717, 1.165) is 5.56 Å². The van der Waals surface area contributed by atoms with E-state index in [4.69, 9.17) is 23.2 Å². The summed E-state index contributed by atoms with van der Waals surface area (Å²) in [7, 11) is 0. The molecule has 1 aromatic heterocycles. The van der Waals surface area contributed by atoms with Crippen molar-refractivity contribution in [1.29, 1.82) is 0 Å². The average molecular weight is 373 g/mol. The molecule has 0 aliphatic carbocycles. The molecule has 0 fully saturated rings. The van der Waals surface area contributed by atoms with E-state index >= 15 is 0 Å². The first-order valence-corrected chi connectivity index (χ1v) is 8.02. The van der Waals surface area contributed by atoms with E-state index in [1.165, 1.54) is 10.8 Å². The second-order valence-corrected chi connectivity index (χ2v) is 6.68. The van der Waals surface area contributed by atoms with Crippen LogP contribution in [0.25, 0.3) is 0 Å². The minimum absolute atomic E-state index is 0.0252. The van der Waals surface area contributed by atoms with Gasteiger partial charge in [-0.25, -0.2) is 0 Å². The zero-order chi connectivity index (χ0) is 17.9. The maximum atomic E-state index is 10.7. The summed E-state index contributed by atoms with van der Waals surface area (Å²) < 4.78 is 1.35. The number of nitro groups is 1. The van der Waals surface area contributed by atoms with Crippen LogP contribution in [0.1, 0.15) is 25.5 Å². The van der Waals surface area contributed by atoms with Crippen LogP contribution in [0.5, 0.6) is 0 Å². The summed E-state index contributed by atoms with van der Waals surface area (Å²) in [6.45, 7) is 3.90. The molecule has 0 radical (unpaired) electrons. The van der Waals surface area contributed by atoms with Crippen molar-refractivity contribution in [1.82, 2.24) is 14.9 Å². The predicted molar refractivity (Wildman–Crippen MR) is 92.4 cm³/mol. The normalized spacial score (nSPS) is 15.0. The molecule has 0 saturated heterocycles. The molecule has 2 rings (SSSR count). The van der Waals surface area contributed by atoms with Gasteiger partial charge in [0.15, 0.2) is 0 Å². The SMILES string of the molecule is CC(NC[C@](C)(O)Cn1cc([N+](=O)[O-])nc1Cl)c1cccc(Cl)c1. The van der Waals surface area contributed by atoms with Gasteiger partial charge in [0.1, 0.15) is 6.20 Å². The Bertz CT molecular complexity index is 733. The van der Waals surface area contributed by atoms with E-state index in [0.29, 0.717) is 5.02 Å². The lowest BCUT2D eigenvalue weighted by Gasteiger charge is -2.26. The summed E-state index contributed by atoms with van der Waals surface area (Å²) in [4.78, 5) is 13.7. The zero-order valence-corrected chi connectivity index (χ0v) is 14.8. The monoisotopic (exact) mass is 372 g/mol. The predicted octanol–water partition coefficient (Wildman–Crippen LogP) is 3.20. The molecule has 2 aromatic rings. The van der Waals surface area contributed by atoms with Crippen molar-refractivity contribution in [3.63, 3.8) is 0 Å². The first-order valence-electron chi connectivity index (χ1n) is 7.26. The lowest BCUT2D eigenvalue weighted by atomic mass is 10.0. The number of nitrogens with zero attached hydrogens (tertiary/aromatic N) is 3. The number of hydrogen-bond donors (Lipinski definition) is 2. The largest absolute Gasteiger partial charge is 0.387 e. The molecular weight excluding hydrogens is 355 g/mol. The lowest BCUT2D eigenvalue weighted by molar-refractivity contribution is -0.389. The molecule has 2 atom stereocenters. The number of benzene rings is 1. The van der Waals surface area contributed by atoms with Crippen molar-refractivity contribution in [2.45, 2.75) is 32.0 Å². The molecule has 0 saturated carbocycles.